The Morgan fingerprint density at radius 3 is 3.12 bits per heavy atom. The number of fused-ring (bicyclic) bond motifs is 1. The van der Waals surface area contributed by atoms with E-state index in [0.29, 0.717) is 18.1 Å². The van der Waals surface area contributed by atoms with Gasteiger partial charge in [-0.3, -0.25) is 14.7 Å². The van der Waals surface area contributed by atoms with Crippen molar-refractivity contribution in [2.24, 2.45) is 0 Å². The van der Waals surface area contributed by atoms with Crippen LogP contribution in [-0.2, 0) is 12.8 Å². The number of H-pyrrole nitrogens is 2. The molecule has 4 rings (SSSR count). The van der Waals surface area contributed by atoms with Gasteiger partial charge in [-0.05, 0) is 32.1 Å². The van der Waals surface area contributed by atoms with Gasteiger partial charge in [0.2, 0.25) is 0 Å². The summed E-state index contributed by atoms with van der Waals surface area (Å²) in [6.07, 6.45) is 7.84. The quantitative estimate of drug-likeness (QED) is 0.755. The largest absolute Gasteiger partial charge is 0.350 e. The van der Waals surface area contributed by atoms with Crippen LogP contribution in [0.1, 0.15) is 41.0 Å². The van der Waals surface area contributed by atoms with Crippen molar-refractivity contribution in [3.05, 3.63) is 39.7 Å². The first-order valence-electron chi connectivity index (χ1n) is 8.38. The summed E-state index contributed by atoms with van der Waals surface area (Å²) >= 11 is 0. The predicted octanol–water partition coefficient (Wildman–Crippen LogP) is 0.380. The molecule has 8 heteroatoms. The lowest BCUT2D eigenvalue weighted by Gasteiger charge is -2.33. The number of piperidine rings is 1. The first-order chi connectivity index (χ1) is 11.7. The van der Waals surface area contributed by atoms with Crippen LogP contribution in [0.4, 0.5) is 5.82 Å². The Labute approximate surface area is 138 Å². The van der Waals surface area contributed by atoms with E-state index in [9.17, 15) is 9.59 Å². The lowest BCUT2D eigenvalue weighted by atomic mass is 10.1. The highest BCUT2D eigenvalue weighted by Gasteiger charge is 2.27. The van der Waals surface area contributed by atoms with Crippen molar-refractivity contribution in [3.63, 3.8) is 0 Å². The number of nitrogens with zero attached hydrogens (tertiary/aromatic N) is 3. The van der Waals surface area contributed by atoms with Crippen molar-refractivity contribution in [1.29, 1.82) is 0 Å². The maximum absolute atomic E-state index is 12.5. The average molecular weight is 328 g/mol. The molecule has 0 spiro atoms. The van der Waals surface area contributed by atoms with Crippen LogP contribution in [-0.4, -0.2) is 45.2 Å². The van der Waals surface area contributed by atoms with Crippen molar-refractivity contribution in [3.8, 4) is 0 Å². The summed E-state index contributed by atoms with van der Waals surface area (Å²) < 4.78 is 0. The Morgan fingerprint density at radius 2 is 2.25 bits per heavy atom. The van der Waals surface area contributed by atoms with Crippen molar-refractivity contribution in [1.82, 2.24) is 25.5 Å². The molecular formula is C16H20N6O2. The minimum absolute atomic E-state index is 0.0126. The molecule has 2 aromatic heterocycles. The Kier molecular flexibility index (Phi) is 3.79. The van der Waals surface area contributed by atoms with Gasteiger partial charge in [0, 0.05) is 42.8 Å². The van der Waals surface area contributed by atoms with Crippen LogP contribution in [0.25, 0.3) is 0 Å². The number of aromatic nitrogens is 4. The number of aromatic amines is 2. The number of carbonyl (C=O) groups excluding carboxylic acids is 1. The number of rotatable bonds is 3. The lowest BCUT2D eigenvalue weighted by molar-refractivity contribution is 0.0927. The van der Waals surface area contributed by atoms with Crippen molar-refractivity contribution >= 4 is 11.7 Å². The van der Waals surface area contributed by atoms with Crippen molar-refractivity contribution in [2.45, 2.75) is 38.1 Å². The van der Waals surface area contributed by atoms with Gasteiger partial charge in [-0.1, -0.05) is 0 Å². The summed E-state index contributed by atoms with van der Waals surface area (Å²) in [5.41, 5.74) is 2.47. The second kappa shape index (κ2) is 6.10. The van der Waals surface area contributed by atoms with E-state index in [0.717, 1.165) is 49.9 Å². The zero-order valence-electron chi connectivity index (χ0n) is 13.3. The average Bonchev–Trinajstić information content (AvgIpc) is 3.18. The molecule has 1 amide bonds. The Balaban J connectivity index is 1.46. The Bertz CT molecular complexity index is 811. The first kappa shape index (κ1) is 14.9. The van der Waals surface area contributed by atoms with Gasteiger partial charge in [-0.2, -0.15) is 5.10 Å². The molecule has 1 saturated heterocycles. The third-order valence-electron chi connectivity index (χ3n) is 4.77. The fraction of sp³-hybridized carbons (Fsp3) is 0.500. The van der Waals surface area contributed by atoms with E-state index in [4.69, 9.17) is 0 Å². The monoisotopic (exact) mass is 328 g/mol. The van der Waals surface area contributed by atoms with Gasteiger partial charge in [-0.25, -0.2) is 4.98 Å². The molecular weight excluding hydrogens is 308 g/mol. The van der Waals surface area contributed by atoms with E-state index >= 15 is 0 Å². The molecule has 0 radical (unpaired) electrons. The zero-order chi connectivity index (χ0) is 16.5. The standard InChI is InChI=1S/C16H20N6O2/c23-15(13-11-4-1-5-12(11)20-21-13)19-10-3-2-8-22(9-10)14-16(24)18-7-6-17-14/h6-7,10H,1-5,8-9H2,(H,18,24)(H,19,23)(H,20,21)/t10-/m0/s1. The van der Waals surface area contributed by atoms with Crippen molar-refractivity contribution in [2.75, 3.05) is 18.0 Å². The van der Waals surface area contributed by atoms with Crippen LogP contribution < -0.4 is 15.8 Å². The molecule has 1 atom stereocenters. The van der Waals surface area contributed by atoms with Crippen LogP contribution in [0.3, 0.4) is 0 Å². The molecule has 1 aliphatic carbocycles. The molecule has 1 fully saturated rings. The summed E-state index contributed by atoms with van der Waals surface area (Å²) in [6.45, 7) is 1.35. The molecule has 0 saturated carbocycles. The molecule has 0 aromatic carbocycles. The highest BCUT2D eigenvalue weighted by atomic mass is 16.2. The molecule has 3 heterocycles. The predicted molar refractivity (Wildman–Crippen MR) is 88.2 cm³/mol. The van der Waals surface area contributed by atoms with E-state index < -0.39 is 0 Å². The molecule has 126 valence electrons. The topological polar surface area (TPSA) is 107 Å². The number of nitrogens with one attached hydrogen (secondary N) is 3. The van der Waals surface area contributed by atoms with Gasteiger partial charge in [-0.15, -0.1) is 0 Å². The van der Waals surface area contributed by atoms with E-state index in [-0.39, 0.29) is 17.5 Å². The molecule has 2 aromatic rings. The van der Waals surface area contributed by atoms with Gasteiger partial charge < -0.3 is 15.2 Å². The fourth-order valence-corrected chi connectivity index (χ4v) is 3.62. The van der Waals surface area contributed by atoms with E-state index in [1.165, 1.54) is 6.20 Å². The molecule has 1 aliphatic heterocycles. The molecule has 24 heavy (non-hydrogen) atoms. The fourth-order valence-electron chi connectivity index (χ4n) is 3.62. The van der Waals surface area contributed by atoms with Gasteiger partial charge in [0.1, 0.15) is 0 Å². The number of amides is 1. The van der Waals surface area contributed by atoms with Crippen LogP contribution in [0.15, 0.2) is 17.2 Å². The third-order valence-corrected chi connectivity index (χ3v) is 4.77. The normalized spacial score (nSPS) is 20.0. The summed E-state index contributed by atoms with van der Waals surface area (Å²) in [7, 11) is 0. The minimum Gasteiger partial charge on any atom is -0.350 e. The summed E-state index contributed by atoms with van der Waals surface area (Å²) in [4.78, 5) is 33.2. The number of hydrogen-bond donors (Lipinski definition) is 3. The second-order valence-electron chi connectivity index (χ2n) is 6.38. The maximum atomic E-state index is 12.5. The summed E-state index contributed by atoms with van der Waals surface area (Å²) in [5, 5.41) is 10.2. The van der Waals surface area contributed by atoms with Crippen LogP contribution in [0.2, 0.25) is 0 Å². The van der Waals surface area contributed by atoms with Gasteiger partial charge in [0.15, 0.2) is 11.5 Å². The SMILES string of the molecule is O=C(N[C@H]1CCCN(c2ncc[nH]c2=O)C1)c1n[nH]c2c1CCC2. The maximum Gasteiger partial charge on any atom is 0.290 e. The molecule has 8 nitrogen and oxygen atoms in total. The van der Waals surface area contributed by atoms with Crippen LogP contribution in [0.5, 0.6) is 0 Å². The highest BCUT2D eigenvalue weighted by molar-refractivity contribution is 5.94. The zero-order valence-corrected chi connectivity index (χ0v) is 13.3. The Hall–Kier alpha value is -2.64. The number of hydrogen-bond acceptors (Lipinski definition) is 5. The molecule has 2 aliphatic rings. The number of aryl methyl sites for hydroxylation is 1. The molecule has 0 bridgehead atoms. The van der Waals surface area contributed by atoms with E-state index in [2.05, 4.69) is 25.5 Å². The summed E-state index contributed by atoms with van der Waals surface area (Å²) in [6, 6.07) is -0.0126. The van der Waals surface area contributed by atoms with Gasteiger partial charge in [0.05, 0.1) is 0 Å². The smallest absolute Gasteiger partial charge is 0.290 e. The summed E-state index contributed by atoms with van der Waals surface area (Å²) in [5.74, 6) is 0.285. The molecule has 3 N–H and O–H groups in total. The second-order valence-corrected chi connectivity index (χ2v) is 6.38. The van der Waals surface area contributed by atoms with E-state index in [1.807, 2.05) is 4.90 Å². The van der Waals surface area contributed by atoms with Crippen LogP contribution in [0, 0.1) is 0 Å². The number of anilines is 1. The molecule has 0 unspecified atom stereocenters. The van der Waals surface area contributed by atoms with Crippen molar-refractivity contribution < 1.29 is 4.79 Å². The van der Waals surface area contributed by atoms with E-state index in [1.54, 1.807) is 6.20 Å². The number of carbonyl (C=O) groups is 1. The highest BCUT2D eigenvalue weighted by Crippen LogP contribution is 2.23. The van der Waals surface area contributed by atoms with Gasteiger partial charge >= 0.3 is 0 Å². The lowest BCUT2D eigenvalue weighted by Crippen LogP contribution is -2.49. The third kappa shape index (κ3) is 2.68. The Morgan fingerprint density at radius 1 is 1.33 bits per heavy atom. The minimum atomic E-state index is -0.199. The van der Waals surface area contributed by atoms with Crippen LogP contribution >= 0.6 is 0 Å². The van der Waals surface area contributed by atoms with Gasteiger partial charge in [0.25, 0.3) is 11.5 Å². The first-order valence-corrected chi connectivity index (χ1v) is 8.38.